The minimum Gasteiger partial charge on any atom is -0.473 e. The van der Waals surface area contributed by atoms with Crippen molar-refractivity contribution in [3.8, 4) is 34.7 Å². The van der Waals surface area contributed by atoms with E-state index in [-0.39, 0.29) is 19.8 Å². The summed E-state index contributed by atoms with van der Waals surface area (Å²) in [6.45, 7) is 12.1. The summed E-state index contributed by atoms with van der Waals surface area (Å²) in [5, 5.41) is 17.2. The van der Waals surface area contributed by atoms with Gasteiger partial charge in [0.25, 0.3) is 0 Å². The zero-order valence-electron chi connectivity index (χ0n) is 38.0. The molecular weight excluding hydrogens is 845 g/mol. The average molecular weight is 901 g/mol. The number of benzene rings is 2. The molecule has 0 fully saturated rings. The molecule has 2 aromatic carbocycles. The van der Waals surface area contributed by atoms with Gasteiger partial charge in [0.05, 0.1) is 29.1 Å². The van der Waals surface area contributed by atoms with Crippen LogP contribution in [0.4, 0.5) is 0 Å². The molecule has 3 N–H and O–H groups in total. The molecule has 342 valence electrons. The minimum atomic E-state index is -1.38. The first kappa shape index (κ1) is 50.3. The zero-order chi connectivity index (χ0) is 46.6. The summed E-state index contributed by atoms with van der Waals surface area (Å²) < 4.78 is 33.3. The maximum atomic E-state index is 11.0. The quantitative estimate of drug-likeness (QED) is 0.0600. The molecule has 0 spiro atoms. The van der Waals surface area contributed by atoms with Crippen LogP contribution in [-0.4, -0.2) is 88.5 Å². The molecule has 6 aromatic rings. The number of nitrogens with zero attached hydrogens (tertiary/aromatic N) is 6. The lowest BCUT2D eigenvalue weighted by Gasteiger charge is -2.13. The lowest BCUT2D eigenvalue weighted by Crippen LogP contribution is -2.19. The van der Waals surface area contributed by atoms with E-state index in [9.17, 15) is 9.32 Å². The number of aromatic nitrogens is 4. The van der Waals surface area contributed by atoms with Gasteiger partial charge in [0.2, 0.25) is 34.6 Å². The second-order valence-corrected chi connectivity index (χ2v) is 14.7. The highest BCUT2D eigenvalue weighted by Crippen LogP contribution is 2.27. The van der Waals surface area contributed by atoms with Gasteiger partial charge in [0, 0.05) is 55.0 Å². The van der Waals surface area contributed by atoms with Crippen LogP contribution < -0.4 is 19.9 Å². The Labute approximate surface area is 375 Å². The SMILES string of the molecule is CNOC/C(=N/OC)c1ccccc1CO.CNOC/C(=N/OC)c1ccccc1COc1ncc(-c2nc(C)c(C)o2)cc1C.Cc1cc(-c2nc(C)c(C)o2)cnc1OS(C)=O. The molecule has 0 saturated heterocycles. The summed E-state index contributed by atoms with van der Waals surface area (Å²) in [5.74, 6) is 3.59. The molecule has 1 atom stereocenters. The summed E-state index contributed by atoms with van der Waals surface area (Å²) in [7, 11) is 6.34. The van der Waals surface area contributed by atoms with E-state index in [1.165, 1.54) is 20.5 Å². The van der Waals surface area contributed by atoms with Crippen molar-refractivity contribution in [1.82, 2.24) is 30.9 Å². The Bertz CT molecular complexity index is 2470. The lowest BCUT2D eigenvalue weighted by atomic mass is 10.0. The largest absolute Gasteiger partial charge is 0.473 e. The number of ether oxygens (including phenoxy) is 1. The fourth-order valence-electron chi connectivity index (χ4n) is 5.72. The molecule has 0 amide bonds. The van der Waals surface area contributed by atoms with E-state index in [1.54, 1.807) is 26.5 Å². The third-order valence-corrected chi connectivity index (χ3v) is 9.50. The normalized spacial score (nSPS) is 11.8. The Morgan fingerprint density at radius 2 is 1.16 bits per heavy atom. The van der Waals surface area contributed by atoms with E-state index in [2.05, 4.69) is 41.2 Å². The van der Waals surface area contributed by atoms with Gasteiger partial charge in [-0.15, -0.1) is 0 Å². The Hall–Kier alpha value is -6.35. The third kappa shape index (κ3) is 14.6. The van der Waals surface area contributed by atoms with Crippen LogP contribution in [0.25, 0.3) is 22.9 Å². The van der Waals surface area contributed by atoms with Crippen LogP contribution in [0.15, 0.2) is 92.2 Å². The Morgan fingerprint density at radius 3 is 1.56 bits per heavy atom. The van der Waals surface area contributed by atoms with Gasteiger partial charge in [-0.1, -0.05) is 58.8 Å². The first-order valence-corrected chi connectivity index (χ1v) is 21.3. The van der Waals surface area contributed by atoms with E-state index in [0.717, 1.165) is 67.4 Å². The number of hydrogen-bond donors (Lipinski definition) is 3. The van der Waals surface area contributed by atoms with Gasteiger partial charge in [-0.2, -0.15) is 0 Å². The molecule has 0 aliphatic heterocycles. The Balaban J connectivity index is 0.000000226. The molecule has 4 aromatic heterocycles. The second kappa shape index (κ2) is 25.7. The van der Waals surface area contributed by atoms with E-state index in [1.807, 2.05) is 102 Å². The number of oxazole rings is 2. The molecule has 1 unspecified atom stereocenters. The Kier molecular flexibility index (Phi) is 20.2. The van der Waals surface area contributed by atoms with Gasteiger partial charge in [0.15, 0.2) is 0 Å². The molecule has 6 rings (SSSR count). The smallest absolute Gasteiger partial charge is 0.233 e. The van der Waals surface area contributed by atoms with Crippen molar-refractivity contribution in [3.05, 3.63) is 129 Å². The number of hydrogen-bond acceptors (Lipinski definition) is 18. The van der Waals surface area contributed by atoms with E-state index in [4.69, 9.17) is 37.1 Å². The lowest BCUT2D eigenvalue weighted by molar-refractivity contribution is 0.0866. The summed E-state index contributed by atoms with van der Waals surface area (Å²) in [6.07, 6.45) is 4.76. The highest BCUT2D eigenvalue weighted by Gasteiger charge is 2.16. The summed E-state index contributed by atoms with van der Waals surface area (Å²) in [4.78, 5) is 37.4. The van der Waals surface area contributed by atoms with Gasteiger partial charge in [-0.25, -0.2) is 35.1 Å². The average Bonchev–Trinajstić information content (AvgIpc) is 3.82. The molecule has 0 aliphatic rings. The van der Waals surface area contributed by atoms with Gasteiger partial charge in [-0.3, -0.25) is 9.68 Å². The van der Waals surface area contributed by atoms with Crippen molar-refractivity contribution in [2.24, 2.45) is 10.3 Å². The number of hydroxylamine groups is 2. The van der Waals surface area contributed by atoms with Crippen LogP contribution in [0.3, 0.4) is 0 Å². The molecule has 0 aliphatic carbocycles. The maximum Gasteiger partial charge on any atom is 0.233 e. The van der Waals surface area contributed by atoms with Crippen LogP contribution >= 0.6 is 0 Å². The van der Waals surface area contributed by atoms with Crippen LogP contribution in [0, 0.1) is 41.5 Å². The second-order valence-electron chi connectivity index (χ2n) is 13.7. The minimum absolute atomic E-state index is 0.0432. The summed E-state index contributed by atoms with van der Waals surface area (Å²) in [6, 6.07) is 19.0. The third-order valence-electron chi connectivity index (χ3n) is 9.11. The first-order valence-electron chi connectivity index (χ1n) is 19.8. The summed E-state index contributed by atoms with van der Waals surface area (Å²) in [5.41, 5.74) is 14.9. The highest BCUT2D eigenvalue weighted by molar-refractivity contribution is 7.79. The molecule has 19 heteroatoms. The first-order chi connectivity index (χ1) is 30.8. The molecule has 4 heterocycles. The van der Waals surface area contributed by atoms with E-state index >= 15 is 0 Å². The number of aliphatic hydroxyl groups is 1. The molecule has 18 nitrogen and oxygen atoms in total. The summed E-state index contributed by atoms with van der Waals surface area (Å²) >= 11 is -1.38. The standard InChI is InChI=1S/C22H26N4O4.C12H14N2O3S.C11H16N2O3/c1-14-10-18(22-25-15(2)16(3)30-22)11-24-21(14)28-12-17-8-6-7-9-19(17)20(26-27-5)13-29-23-4;1-7-5-10(6-13-11(7)17-18(4)15)12-14-8(2)9(3)16-12;1-12-16-8-11(13-15-2)10-6-4-3-5-9(10)7-14/h6-11,23H,12-13H2,1-5H3;5-6H,1-4H3;3-6,12,14H,7-8H2,1-2H3/b26-20-;;13-11-. The van der Waals surface area contributed by atoms with Crippen molar-refractivity contribution in [2.75, 3.05) is 47.8 Å². The van der Waals surface area contributed by atoms with Crippen LogP contribution in [0.5, 0.6) is 11.8 Å². The molecule has 0 saturated carbocycles. The molecular formula is C45H56N8O10S. The van der Waals surface area contributed by atoms with Gasteiger partial charge < -0.3 is 32.5 Å². The highest BCUT2D eigenvalue weighted by atomic mass is 32.2. The topological polar surface area (TPSA) is 219 Å². The molecule has 0 radical (unpaired) electrons. The number of nitrogens with one attached hydrogen (secondary N) is 2. The van der Waals surface area contributed by atoms with Gasteiger partial charge in [0.1, 0.15) is 57.0 Å². The Morgan fingerprint density at radius 1 is 0.703 bits per heavy atom. The van der Waals surface area contributed by atoms with Gasteiger partial charge >= 0.3 is 0 Å². The van der Waals surface area contributed by atoms with Crippen molar-refractivity contribution >= 4 is 22.5 Å². The monoisotopic (exact) mass is 900 g/mol. The van der Waals surface area contributed by atoms with Crippen molar-refractivity contribution in [3.63, 3.8) is 0 Å². The fourth-order valence-corrected chi connectivity index (χ4v) is 6.12. The number of pyridine rings is 2. The van der Waals surface area contributed by atoms with Crippen LogP contribution in [-0.2, 0) is 43.6 Å². The van der Waals surface area contributed by atoms with Crippen molar-refractivity contribution in [2.45, 2.75) is 54.8 Å². The number of rotatable bonds is 18. The fraction of sp³-hybridized carbons (Fsp3) is 0.333. The van der Waals surface area contributed by atoms with E-state index in [0.29, 0.717) is 41.6 Å². The van der Waals surface area contributed by atoms with Crippen LogP contribution in [0.2, 0.25) is 0 Å². The number of aliphatic hydroxyl groups excluding tert-OH is 1. The molecule has 0 bridgehead atoms. The maximum absolute atomic E-state index is 11.0. The van der Waals surface area contributed by atoms with Crippen molar-refractivity contribution < 1.29 is 46.4 Å². The van der Waals surface area contributed by atoms with Crippen molar-refractivity contribution in [1.29, 1.82) is 0 Å². The predicted octanol–water partition coefficient (Wildman–Crippen LogP) is 6.76. The van der Waals surface area contributed by atoms with Gasteiger partial charge in [-0.05, 0) is 64.8 Å². The predicted molar refractivity (Wildman–Crippen MR) is 243 cm³/mol. The van der Waals surface area contributed by atoms with E-state index < -0.39 is 11.1 Å². The molecule has 64 heavy (non-hydrogen) atoms. The van der Waals surface area contributed by atoms with Crippen LogP contribution in [0.1, 0.15) is 56.3 Å². The number of aryl methyl sites for hydroxylation is 6. The zero-order valence-corrected chi connectivity index (χ0v) is 38.8. The number of oxime groups is 2.